The Hall–Kier alpha value is -2.13. The maximum atomic E-state index is 13.6. The highest BCUT2D eigenvalue weighted by Crippen LogP contribution is 2.32. The standard InChI is InChI=1S/C25H39N3O5S/c1-33-24(29)12-6-2-3-7-15-26-25(30)21-13-14-22(27-16-8-4-9-17-27)23(20-21)34(31,32)28-18-10-5-11-19-28/h13-14,20H,2-12,15-19H2,1H3,(H,26,30). The molecule has 34 heavy (non-hydrogen) atoms. The van der Waals surface area contributed by atoms with E-state index >= 15 is 0 Å². The summed E-state index contributed by atoms with van der Waals surface area (Å²) in [4.78, 5) is 26.4. The number of hydrogen-bond acceptors (Lipinski definition) is 6. The Morgan fingerprint density at radius 3 is 2.24 bits per heavy atom. The number of carbonyl (C=O) groups excluding carboxylic acids is 2. The van der Waals surface area contributed by atoms with Crippen LogP contribution in [-0.2, 0) is 19.6 Å². The van der Waals surface area contributed by atoms with Gasteiger partial charge < -0.3 is 15.0 Å². The molecule has 2 fully saturated rings. The van der Waals surface area contributed by atoms with Crippen LogP contribution in [0.5, 0.6) is 0 Å². The Balaban J connectivity index is 1.66. The van der Waals surface area contributed by atoms with Crippen molar-refractivity contribution in [1.82, 2.24) is 9.62 Å². The zero-order chi connectivity index (χ0) is 24.4. The number of nitrogens with one attached hydrogen (secondary N) is 1. The molecule has 0 unspecified atom stereocenters. The predicted molar refractivity (Wildman–Crippen MR) is 133 cm³/mol. The van der Waals surface area contributed by atoms with Crippen LogP contribution in [0.1, 0.15) is 81.0 Å². The number of rotatable bonds is 11. The molecule has 1 N–H and O–H groups in total. The molecule has 2 aliphatic rings. The summed E-state index contributed by atoms with van der Waals surface area (Å²) >= 11 is 0. The van der Waals surface area contributed by atoms with Gasteiger partial charge in [-0.05, 0) is 63.1 Å². The molecule has 3 rings (SSSR count). The fourth-order valence-electron chi connectivity index (χ4n) is 4.66. The number of hydrogen-bond donors (Lipinski definition) is 1. The topological polar surface area (TPSA) is 96.0 Å². The molecule has 1 amide bonds. The van der Waals surface area contributed by atoms with E-state index in [1.165, 1.54) is 7.11 Å². The Morgan fingerprint density at radius 1 is 0.912 bits per heavy atom. The lowest BCUT2D eigenvalue weighted by Crippen LogP contribution is -2.38. The number of sulfonamides is 1. The van der Waals surface area contributed by atoms with Gasteiger partial charge in [0.1, 0.15) is 4.90 Å². The Bertz CT molecular complexity index is 922. The van der Waals surface area contributed by atoms with E-state index in [-0.39, 0.29) is 16.8 Å². The summed E-state index contributed by atoms with van der Waals surface area (Å²) in [6.07, 6.45) is 9.85. The van der Waals surface area contributed by atoms with E-state index in [0.29, 0.717) is 37.3 Å². The summed E-state index contributed by atoms with van der Waals surface area (Å²) in [5, 5.41) is 2.91. The first kappa shape index (κ1) is 26.5. The third-order valence-corrected chi connectivity index (χ3v) is 8.60. The van der Waals surface area contributed by atoms with Crippen LogP contribution in [0.25, 0.3) is 0 Å². The minimum Gasteiger partial charge on any atom is -0.469 e. The van der Waals surface area contributed by atoms with Crippen molar-refractivity contribution in [3.63, 3.8) is 0 Å². The van der Waals surface area contributed by atoms with Crippen molar-refractivity contribution in [3.05, 3.63) is 23.8 Å². The number of piperidine rings is 2. The number of esters is 1. The number of ether oxygens (including phenoxy) is 1. The molecule has 9 heteroatoms. The third kappa shape index (κ3) is 7.18. The molecule has 0 atom stereocenters. The summed E-state index contributed by atoms with van der Waals surface area (Å²) in [7, 11) is -2.28. The van der Waals surface area contributed by atoms with Crippen LogP contribution < -0.4 is 10.2 Å². The third-order valence-electron chi connectivity index (χ3n) is 6.67. The van der Waals surface area contributed by atoms with Crippen LogP contribution in [0, 0.1) is 0 Å². The van der Waals surface area contributed by atoms with E-state index in [1.807, 2.05) is 6.07 Å². The lowest BCUT2D eigenvalue weighted by molar-refractivity contribution is -0.140. The van der Waals surface area contributed by atoms with Gasteiger partial charge in [0.15, 0.2) is 0 Å². The first-order valence-corrected chi connectivity index (χ1v) is 14.1. The molecule has 8 nitrogen and oxygen atoms in total. The molecule has 1 aromatic rings. The fraction of sp³-hybridized carbons (Fsp3) is 0.680. The molecule has 0 radical (unpaired) electrons. The van der Waals surface area contributed by atoms with Crippen LogP contribution in [0.4, 0.5) is 5.69 Å². The molecule has 0 aromatic heterocycles. The monoisotopic (exact) mass is 493 g/mol. The van der Waals surface area contributed by atoms with Gasteiger partial charge in [0.25, 0.3) is 5.91 Å². The second kappa shape index (κ2) is 13.1. The van der Waals surface area contributed by atoms with Gasteiger partial charge in [-0.2, -0.15) is 4.31 Å². The number of methoxy groups -OCH3 is 1. The van der Waals surface area contributed by atoms with E-state index in [9.17, 15) is 18.0 Å². The molecular weight excluding hydrogens is 454 g/mol. The van der Waals surface area contributed by atoms with E-state index < -0.39 is 10.0 Å². The summed E-state index contributed by atoms with van der Waals surface area (Å²) in [5.74, 6) is -0.452. The van der Waals surface area contributed by atoms with Gasteiger partial charge in [-0.25, -0.2) is 8.42 Å². The second-order valence-corrected chi connectivity index (χ2v) is 11.1. The van der Waals surface area contributed by atoms with E-state index in [2.05, 4.69) is 15.0 Å². The molecule has 190 valence electrons. The van der Waals surface area contributed by atoms with Gasteiger partial charge in [-0.3, -0.25) is 9.59 Å². The van der Waals surface area contributed by atoms with Crippen LogP contribution in [-0.4, -0.2) is 64.4 Å². The van der Waals surface area contributed by atoms with Crippen LogP contribution in [0.3, 0.4) is 0 Å². The zero-order valence-electron chi connectivity index (χ0n) is 20.4. The minimum atomic E-state index is -3.67. The van der Waals surface area contributed by atoms with Crippen molar-refractivity contribution in [1.29, 1.82) is 0 Å². The van der Waals surface area contributed by atoms with Crippen LogP contribution >= 0.6 is 0 Å². The van der Waals surface area contributed by atoms with Gasteiger partial charge >= 0.3 is 5.97 Å². The van der Waals surface area contributed by atoms with E-state index in [0.717, 1.165) is 77.3 Å². The summed E-state index contributed by atoms with van der Waals surface area (Å²) in [6.45, 7) is 3.26. The summed E-state index contributed by atoms with van der Waals surface area (Å²) < 4.78 is 33.4. The average Bonchev–Trinajstić information content (AvgIpc) is 2.88. The number of nitrogens with zero attached hydrogens (tertiary/aromatic N) is 2. The summed E-state index contributed by atoms with van der Waals surface area (Å²) in [5.41, 5.74) is 1.09. The summed E-state index contributed by atoms with van der Waals surface area (Å²) in [6, 6.07) is 5.12. The van der Waals surface area contributed by atoms with Crippen molar-refractivity contribution in [2.24, 2.45) is 0 Å². The van der Waals surface area contributed by atoms with Crippen molar-refractivity contribution in [3.8, 4) is 0 Å². The van der Waals surface area contributed by atoms with Crippen molar-refractivity contribution < 1.29 is 22.7 Å². The van der Waals surface area contributed by atoms with Gasteiger partial charge in [0.05, 0.1) is 12.8 Å². The highest BCUT2D eigenvalue weighted by molar-refractivity contribution is 7.89. The van der Waals surface area contributed by atoms with Crippen LogP contribution in [0.15, 0.2) is 23.1 Å². The smallest absolute Gasteiger partial charge is 0.305 e. The van der Waals surface area contributed by atoms with Gasteiger partial charge in [0.2, 0.25) is 10.0 Å². The van der Waals surface area contributed by atoms with Crippen molar-refractivity contribution in [2.45, 2.75) is 75.5 Å². The molecule has 2 heterocycles. The molecule has 0 saturated carbocycles. The average molecular weight is 494 g/mol. The lowest BCUT2D eigenvalue weighted by Gasteiger charge is -2.33. The molecule has 2 aliphatic heterocycles. The molecule has 0 bridgehead atoms. The van der Waals surface area contributed by atoms with Gasteiger partial charge in [0, 0.05) is 44.7 Å². The van der Waals surface area contributed by atoms with Gasteiger partial charge in [-0.15, -0.1) is 0 Å². The Morgan fingerprint density at radius 2 is 1.56 bits per heavy atom. The predicted octanol–water partition coefficient (Wildman–Crippen LogP) is 3.70. The minimum absolute atomic E-state index is 0.198. The normalized spacial score (nSPS) is 17.4. The largest absolute Gasteiger partial charge is 0.469 e. The number of amides is 1. The first-order valence-electron chi connectivity index (χ1n) is 12.7. The highest BCUT2D eigenvalue weighted by Gasteiger charge is 2.31. The van der Waals surface area contributed by atoms with E-state index in [4.69, 9.17) is 0 Å². The maximum absolute atomic E-state index is 13.6. The Kier molecular flexibility index (Phi) is 10.2. The molecule has 0 aliphatic carbocycles. The van der Waals surface area contributed by atoms with Crippen molar-refractivity contribution in [2.75, 3.05) is 44.7 Å². The number of benzene rings is 1. The highest BCUT2D eigenvalue weighted by atomic mass is 32.2. The molecular formula is C25H39N3O5S. The van der Waals surface area contributed by atoms with Crippen LogP contribution in [0.2, 0.25) is 0 Å². The second-order valence-electron chi connectivity index (χ2n) is 9.19. The maximum Gasteiger partial charge on any atom is 0.305 e. The molecule has 0 spiro atoms. The quantitative estimate of drug-likeness (QED) is 0.373. The molecule has 1 aromatic carbocycles. The SMILES string of the molecule is COC(=O)CCCCCCNC(=O)c1ccc(N2CCCCC2)c(S(=O)(=O)N2CCCCC2)c1. The Labute approximate surface area is 204 Å². The number of carbonyl (C=O) groups is 2. The van der Waals surface area contributed by atoms with E-state index in [1.54, 1.807) is 16.4 Å². The molecule has 2 saturated heterocycles. The number of anilines is 1. The zero-order valence-corrected chi connectivity index (χ0v) is 21.2. The fourth-order valence-corrected chi connectivity index (χ4v) is 6.41. The number of unbranched alkanes of at least 4 members (excludes halogenated alkanes) is 3. The lowest BCUT2D eigenvalue weighted by atomic mass is 10.1. The van der Waals surface area contributed by atoms with Gasteiger partial charge in [-0.1, -0.05) is 19.3 Å². The first-order chi connectivity index (χ1) is 16.4. The van der Waals surface area contributed by atoms with Crippen molar-refractivity contribution >= 4 is 27.6 Å².